The molecule has 1 amide bonds. The average molecular weight is 434 g/mol. The highest BCUT2D eigenvalue weighted by Gasteiger charge is 2.35. The van der Waals surface area contributed by atoms with E-state index in [9.17, 15) is 4.79 Å². The first-order valence-electron chi connectivity index (χ1n) is 11.1. The molecule has 1 unspecified atom stereocenters. The van der Waals surface area contributed by atoms with Gasteiger partial charge in [0.15, 0.2) is 11.5 Å². The van der Waals surface area contributed by atoms with Gasteiger partial charge in [-0.25, -0.2) is 0 Å². The smallest absolute Gasteiger partial charge is 0.232 e. The first-order valence-corrected chi connectivity index (χ1v) is 11.1. The van der Waals surface area contributed by atoms with Crippen molar-refractivity contribution in [3.05, 3.63) is 53.4 Å². The van der Waals surface area contributed by atoms with Gasteiger partial charge in [0.05, 0.1) is 19.1 Å². The fraction of sp³-hybridized carbons (Fsp3) is 0.400. The number of fused-ring (bicyclic) bond motifs is 1. The lowest BCUT2D eigenvalue weighted by Gasteiger charge is -2.17. The second-order valence-electron chi connectivity index (χ2n) is 8.70. The van der Waals surface area contributed by atoms with Gasteiger partial charge in [0, 0.05) is 24.2 Å². The minimum Gasteiger partial charge on any atom is -0.493 e. The highest BCUT2D eigenvalue weighted by atomic mass is 16.5. The maximum Gasteiger partial charge on any atom is 0.232 e. The number of methoxy groups -OCH3 is 1. The third-order valence-corrected chi connectivity index (χ3v) is 6.09. The van der Waals surface area contributed by atoms with Crippen LogP contribution in [0, 0.1) is 0 Å². The molecule has 7 nitrogen and oxygen atoms in total. The fourth-order valence-electron chi connectivity index (χ4n) is 4.52. The molecule has 1 saturated heterocycles. The predicted octanol–water partition coefficient (Wildman–Crippen LogP) is 4.54. The maximum absolute atomic E-state index is 12.8. The summed E-state index contributed by atoms with van der Waals surface area (Å²) in [5.41, 5.74) is 4.49. The summed E-state index contributed by atoms with van der Waals surface area (Å²) in [4.78, 5) is 19.2. The quantitative estimate of drug-likeness (QED) is 0.568. The second-order valence-corrected chi connectivity index (χ2v) is 8.70. The van der Waals surface area contributed by atoms with Crippen LogP contribution >= 0.6 is 0 Å². The molecule has 5 rings (SSSR count). The molecule has 0 radical (unpaired) electrons. The van der Waals surface area contributed by atoms with Crippen molar-refractivity contribution in [3.63, 3.8) is 0 Å². The average Bonchev–Trinajstić information content (AvgIpc) is 3.52. The van der Waals surface area contributed by atoms with Crippen LogP contribution in [0.15, 0.2) is 40.9 Å². The molecule has 166 valence electrons. The highest BCUT2D eigenvalue weighted by Crippen LogP contribution is 2.36. The summed E-state index contributed by atoms with van der Waals surface area (Å²) in [6.07, 6.45) is 3.82. The Morgan fingerprint density at radius 2 is 1.94 bits per heavy atom. The Balaban J connectivity index is 1.34. The first-order chi connectivity index (χ1) is 15.5. The number of nitrogens with zero attached hydrogens (tertiary/aromatic N) is 3. The van der Waals surface area contributed by atoms with Gasteiger partial charge in [0.25, 0.3) is 0 Å². The Morgan fingerprint density at radius 1 is 1.09 bits per heavy atom. The summed E-state index contributed by atoms with van der Waals surface area (Å²) >= 11 is 0. The minimum absolute atomic E-state index is 0.0417. The van der Waals surface area contributed by atoms with E-state index >= 15 is 0 Å². The van der Waals surface area contributed by atoms with Crippen molar-refractivity contribution in [2.45, 2.75) is 51.6 Å². The summed E-state index contributed by atoms with van der Waals surface area (Å²) in [6, 6.07) is 11.9. The molecule has 0 N–H and O–H groups in total. The Labute approximate surface area is 187 Å². The number of ether oxygens (including phenoxy) is 2. The predicted molar refractivity (Wildman–Crippen MR) is 120 cm³/mol. The second kappa shape index (κ2) is 8.30. The van der Waals surface area contributed by atoms with Crippen molar-refractivity contribution in [1.82, 2.24) is 10.1 Å². The summed E-state index contributed by atoms with van der Waals surface area (Å²) in [5, 5.41) is 4.15. The minimum atomic E-state index is -0.123. The zero-order chi connectivity index (χ0) is 22.2. The van der Waals surface area contributed by atoms with Gasteiger partial charge in [0.1, 0.15) is 0 Å². The number of aryl methyl sites for hydroxylation is 2. The number of benzene rings is 2. The summed E-state index contributed by atoms with van der Waals surface area (Å²) in [5.74, 6) is 2.20. The number of aromatic nitrogens is 2. The van der Waals surface area contributed by atoms with E-state index in [0.717, 1.165) is 24.1 Å². The van der Waals surface area contributed by atoms with E-state index in [4.69, 9.17) is 14.0 Å². The van der Waals surface area contributed by atoms with Gasteiger partial charge in [-0.2, -0.15) is 4.98 Å². The van der Waals surface area contributed by atoms with Crippen molar-refractivity contribution < 1.29 is 18.8 Å². The van der Waals surface area contributed by atoms with Crippen LogP contribution in [0.2, 0.25) is 0 Å². The van der Waals surface area contributed by atoms with E-state index < -0.39 is 0 Å². The molecule has 1 aliphatic heterocycles. The van der Waals surface area contributed by atoms with E-state index in [1.165, 1.54) is 17.5 Å². The SMILES string of the molecule is COc1cc(-c2noc(C3CC(=O)N(c4ccc5c(c4)CCC5)C3)n2)ccc1OC(C)C. The standard InChI is InChI=1S/C25H27N3O4/c1-15(2)31-21-10-8-18(12-22(21)30-3)24-26-25(32-27-24)19-13-23(29)28(14-19)20-9-7-16-5-4-6-17(16)11-20/h7-12,15,19H,4-6,13-14H2,1-3H3. The van der Waals surface area contributed by atoms with E-state index in [0.29, 0.717) is 36.2 Å². The normalized spacial score (nSPS) is 17.8. The number of anilines is 1. The molecule has 2 aliphatic rings. The van der Waals surface area contributed by atoms with Gasteiger partial charge >= 0.3 is 0 Å². The zero-order valence-electron chi connectivity index (χ0n) is 18.6. The lowest BCUT2D eigenvalue weighted by molar-refractivity contribution is -0.117. The molecule has 3 aromatic rings. The molecule has 2 aromatic carbocycles. The van der Waals surface area contributed by atoms with Gasteiger partial charge in [0.2, 0.25) is 17.6 Å². The van der Waals surface area contributed by atoms with Crippen LogP contribution in [0.1, 0.15) is 49.6 Å². The van der Waals surface area contributed by atoms with Gasteiger partial charge in [-0.1, -0.05) is 11.2 Å². The van der Waals surface area contributed by atoms with Gasteiger partial charge in [-0.15, -0.1) is 0 Å². The van der Waals surface area contributed by atoms with Crippen molar-refractivity contribution in [2.75, 3.05) is 18.6 Å². The molecule has 1 atom stereocenters. The highest BCUT2D eigenvalue weighted by molar-refractivity contribution is 5.96. The summed E-state index contributed by atoms with van der Waals surface area (Å²) < 4.78 is 16.8. The molecule has 7 heteroatoms. The van der Waals surface area contributed by atoms with Crippen LogP contribution in [-0.2, 0) is 17.6 Å². The Kier molecular flexibility index (Phi) is 5.33. The van der Waals surface area contributed by atoms with Crippen LogP contribution in [0.4, 0.5) is 5.69 Å². The molecule has 32 heavy (non-hydrogen) atoms. The Hall–Kier alpha value is -3.35. The third kappa shape index (κ3) is 3.83. The summed E-state index contributed by atoms with van der Waals surface area (Å²) in [7, 11) is 1.60. The number of amides is 1. The molecular formula is C25H27N3O4. The van der Waals surface area contributed by atoms with Crippen LogP contribution in [0.5, 0.6) is 11.5 Å². The zero-order valence-corrected chi connectivity index (χ0v) is 18.6. The van der Waals surface area contributed by atoms with E-state index in [1.807, 2.05) is 36.9 Å². The van der Waals surface area contributed by atoms with Crippen molar-refractivity contribution in [2.24, 2.45) is 0 Å². The van der Waals surface area contributed by atoms with Crippen molar-refractivity contribution >= 4 is 11.6 Å². The summed E-state index contributed by atoms with van der Waals surface area (Å²) in [6.45, 7) is 4.48. The number of rotatable bonds is 6. The van der Waals surface area contributed by atoms with Crippen LogP contribution in [0.25, 0.3) is 11.4 Å². The molecule has 0 saturated carbocycles. The molecule has 1 aromatic heterocycles. The number of carbonyl (C=O) groups excluding carboxylic acids is 1. The number of hydrogen-bond acceptors (Lipinski definition) is 6. The van der Waals surface area contributed by atoms with E-state index in [2.05, 4.69) is 28.3 Å². The van der Waals surface area contributed by atoms with Crippen LogP contribution in [0.3, 0.4) is 0 Å². The van der Waals surface area contributed by atoms with Crippen LogP contribution < -0.4 is 14.4 Å². The monoisotopic (exact) mass is 433 g/mol. The lowest BCUT2D eigenvalue weighted by Crippen LogP contribution is -2.24. The molecule has 1 aliphatic carbocycles. The van der Waals surface area contributed by atoms with E-state index in [1.54, 1.807) is 7.11 Å². The largest absolute Gasteiger partial charge is 0.493 e. The number of carbonyl (C=O) groups is 1. The molecule has 2 heterocycles. The first kappa shape index (κ1) is 20.5. The number of hydrogen-bond donors (Lipinski definition) is 0. The fourth-order valence-corrected chi connectivity index (χ4v) is 4.52. The van der Waals surface area contributed by atoms with E-state index in [-0.39, 0.29) is 17.9 Å². The molecule has 1 fully saturated rings. The molecule has 0 bridgehead atoms. The maximum atomic E-state index is 12.8. The third-order valence-electron chi connectivity index (χ3n) is 6.09. The molecular weight excluding hydrogens is 406 g/mol. The lowest BCUT2D eigenvalue weighted by atomic mass is 10.1. The topological polar surface area (TPSA) is 77.7 Å². The molecule has 0 spiro atoms. The Bertz CT molecular complexity index is 1150. The van der Waals surface area contributed by atoms with Crippen molar-refractivity contribution in [3.8, 4) is 22.9 Å². The van der Waals surface area contributed by atoms with Gasteiger partial charge < -0.3 is 18.9 Å². The van der Waals surface area contributed by atoms with Crippen LogP contribution in [-0.4, -0.2) is 35.8 Å². The van der Waals surface area contributed by atoms with Crippen molar-refractivity contribution in [1.29, 1.82) is 0 Å². The van der Waals surface area contributed by atoms with Gasteiger partial charge in [-0.05, 0) is 74.6 Å². The Morgan fingerprint density at radius 3 is 2.75 bits per heavy atom. The van der Waals surface area contributed by atoms with Gasteiger partial charge in [-0.3, -0.25) is 4.79 Å².